The molecule has 2 heterocycles. The fourth-order valence-electron chi connectivity index (χ4n) is 4.69. The lowest BCUT2D eigenvalue weighted by Crippen LogP contribution is -2.53. The van der Waals surface area contributed by atoms with Gasteiger partial charge in [-0.3, -0.25) is 9.59 Å². The molecule has 6 heteroatoms. The van der Waals surface area contributed by atoms with Crippen molar-refractivity contribution in [3.05, 3.63) is 0 Å². The van der Waals surface area contributed by atoms with E-state index in [0.717, 1.165) is 38.5 Å². The van der Waals surface area contributed by atoms with Crippen LogP contribution < -0.4 is 10.6 Å². The quantitative estimate of drug-likeness (QED) is 0.780. The Morgan fingerprint density at radius 1 is 1.19 bits per heavy atom. The minimum atomic E-state index is -0.284. The molecule has 3 aliphatic rings. The van der Waals surface area contributed by atoms with Gasteiger partial charge in [-0.25, -0.2) is 0 Å². The van der Waals surface area contributed by atoms with Crippen LogP contribution in [0.15, 0.2) is 0 Å². The highest BCUT2D eigenvalue weighted by Gasteiger charge is 2.42. The van der Waals surface area contributed by atoms with Crippen molar-refractivity contribution in [2.45, 2.75) is 89.9 Å². The molecular formula is C20H35N3O3. The molecule has 1 aliphatic carbocycles. The molecule has 0 aromatic rings. The van der Waals surface area contributed by atoms with Crippen LogP contribution in [-0.2, 0) is 14.3 Å². The summed E-state index contributed by atoms with van der Waals surface area (Å²) in [6.45, 7) is 8.58. The molecule has 2 N–H and O–H groups in total. The van der Waals surface area contributed by atoms with Crippen LogP contribution in [0.2, 0.25) is 0 Å². The zero-order chi connectivity index (χ0) is 18.7. The summed E-state index contributed by atoms with van der Waals surface area (Å²) in [5.74, 6) is 0.194. The van der Waals surface area contributed by atoms with Crippen LogP contribution >= 0.6 is 0 Å². The predicted molar refractivity (Wildman–Crippen MR) is 101 cm³/mol. The summed E-state index contributed by atoms with van der Waals surface area (Å²) in [5, 5.41) is 6.22. The maximum absolute atomic E-state index is 13.3. The third-order valence-electron chi connectivity index (χ3n) is 6.33. The van der Waals surface area contributed by atoms with Gasteiger partial charge >= 0.3 is 0 Å². The largest absolute Gasteiger partial charge is 0.368 e. The van der Waals surface area contributed by atoms with Gasteiger partial charge in [-0.2, -0.15) is 0 Å². The van der Waals surface area contributed by atoms with Crippen LogP contribution in [0.25, 0.3) is 0 Å². The van der Waals surface area contributed by atoms with Crippen molar-refractivity contribution in [3.63, 3.8) is 0 Å². The third kappa shape index (κ3) is 4.39. The van der Waals surface area contributed by atoms with E-state index in [0.29, 0.717) is 31.5 Å². The zero-order valence-corrected chi connectivity index (χ0v) is 16.6. The van der Waals surface area contributed by atoms with Gasteiger partial charge in [-0.05, 0) is 57.3 Å². The fourth-order valence-corrected chi connectivity index (χ4v) is 4.69. The predicted octanol–water partition coefficient (Wildman–Crippen LogP) is 1.83. The summed E-state index contributed by atoms with van der Waals surface area (Å²) in [6.07, 6.45) is 6.60. The number of carbonyl (C=O) groups excluding carboxylic acids is 2. The van der Waals surface area contributed by atoms with Gasteiger partial charge in [-0.15, -0.1) is 0 Å². The number of ether oxygens (including phenoxy) is 1. The maximum atomic E-state index is 13.3. The lowest BCUT2D eigenvalue weighted by molar-refractivity contribution is -0.147. The van der Waals surface area contributed by atoms with Gasteiger partial charge in [0, 0.05) is 31.8 Å². The number of carbonyl (C=O) groups is 2. The maximum Gasteiger partial charge on any atom is 0.252 e. The number of amides is 2. The summed E-state index contributed by atoms with van der Waals surface area (Å²) in [4.78, 5) is 27.6. The van der Waals surface area contributed by atoms with Gasteiger partial charge in [-0.1, -0.05) is 13.8 Å². The van der Waals surface area contributed by atoms with Crippen LogP contribution in [0.4, 0.5) is 0 Å². The molecule has 1 saturated carbocycles. The molecule has 2 saturated heterocycles. The van der Waals surface area contributed by atoms with Crippen LogP contribution in [0.5, 0.6) is 0 Å². The number of hydrogen-bond acceptors (Lipinski definition) is 4. The van der Waals surface area contributed by atoms with E-state index < -0.39 is 0 Å². The molecule has 0 radical (unpaired) electrons. The summed E-state index contributed by atoms with van der Waals surface area (Å²) in [6, 6.07) is 0.171. The summed E-state index contributed by atoms with van der Waals surface area (Å²) in [5.41, 5.74) is 0.368. The first-order valence-corrected chi connectivity index (χ1v) is 10.4. The fraction of sp³-hybridized carbons (Fsp3) is 0.900. The molecule has 0 bridgehead atoms. The van der Waals surface area contributed by atoms with E-state index in [1.54, 1.807) is 0 Å². The van der Waals surface area contributed by atoms with Crippen molar-refractivity contribution in [1.29, 1.82) is 0 Å². The van der Waals surface area contributed by atoms with Gasteiger partial charge in [0.05, 0.1) is 6.04 Å². The van der Waals surface area contributed by atoms with Gasteiger partial charge in [0.1, 0.15) is 6.10 Å². The molecule has 2 aliphatic heterocycles. The first-order valence-electron chi connectivity index (χ1n) is 10.4. The Morgan fingerprint density at radius 3 is 2.54 bits per heavy atom. The smallest absolute Gasteiger partial charge is 0.252 e. The van der Waals surface area contributed by atoms with Crippen LogP contribution in [-0.4, -0.2) is 60.6 Å². The Balaban J connectivity index is 1.71. The Hall–Kier alpha value is -1.14. The second-order valence-corrected chi connectivity index (χ2v) is 8.89. The summed E-state index contributed by atoms with van der Waals surface area (Å²) in [7, 11) is 0. The molecule has 2 amide bonds. The van der Waals surface area contributed by atoms with E-state index in [2.05, 4.69) is 29.4 Å². The first kappa shape index (κ1) is 19.6. The second-order valence-electron chi connectivity index (χ2n) is 8.89. The van der Waals surface area contributed by atoms with Crippen LogP contribution in [0.1, 0.15) is 65.7 Å². The second kappa shape index (κ2) is 8.26. The molecule has 6 nitrogen and oxygen atoms in total. The first-order chi connectivity index (χ1) is 12.4. The molecule has 1 unspecified atom stereocenters. The molecule has 0 aromatic heterocycles. The lowest BCUT2D eigenvalue weighted by Gasteiger charge is -2.43. The average Bonchev–Trinajstić information content (AvgIpc) is 3.28. The molecular weight excluding hydrogens is 330 g/mol. The van der Waals surface area contributed by atoms with E-state index in [9.17, 15) is 9.59 Å². The van der Waals surface area contributed by atoms with Crippen molar-refractivity contribution in [2.75, 3.05) is 19.7 Å². The normalized spacial score (nSPS) is 31.7. The van der Waals surface area contributed by atoms with Crippen LogP contribution in [0, 0.1) is 5.41 Å². The Morgan fingerprint density at radius 2 is 1.92 bits per heavy atom. The van der Waals surface area contributed by atoms with Crippen LogP contribution in [0.3, 0.4) is 0 Å². The molecule has 26 heavy (non-hydrogen) atoms. The third-order valence-corrected chi connectivity index (χ3v) is 6.33. The summed E-state index contributed by atoms with van der Waals surface area (Å²) >= 11 is 0. The summed E-state index contributed by atoms with van der Waals surface area (Å²) < 4.78 is 5.71. The topological polar surface area (TPSA) is 70.7 Å². The monoisotopic (exact) mass is 365 g/mol. The number of hydrogen-bond donors (Lipinski definition) is 2. The standard InChI is InChI=1S/C20H35N3O3/c1-4-21-18(24)16-12-15(13-22-16)23(19(25)17-6-5-11-26-17)14-7-9-20(2,3)10-8-14/h14-17,22H,4-13H2,1-3H3,(H,21,24)/t15-,16-,17?/m0/s1. The van der Waals surface area contributed by atoms with Gasteiger partial charge in [0.15, 0.2) is 0 Å². The van der Waals surface area contributed by atoms with E-state index in [1.165, 1.54) is 0 Å². The molecule has 3 rings (SSSR count). The van der Waals surface area contributed by atoms with Gasteiger partial charge < -0.3 is 20.3 Å². The van der Waals surface area contributed by atoms with Gasteiger partial charge in [0.2, 0.25) is 5.91 Å². The number of rotatable bonds is 5. The van der Waals surface area contributed by atoms with Crippen molar-refractivity contribution >= 4 is 11.8 Å². The van der Waals surface area contributed by atoms with E-state index >= 15 is 0 Å². The number of likely N-dealkylation sites (N-methyl/N-ethyl adjacent to an activating group) is 1. The SMILES string of the molecule is CCNC(=O)[C@@H]1C[C@H](N(C(=O)C2CCCO2)C2CCC(C)(C)CC2)CN1. The zero-order valence-electron chi connectivity index (χ0n) is 16.6. The minimum Gasteiger partial charge on any atom is -0.368 e. The van der Waals surface area contributed by atoms with E-state index in [-0.39, 0.29) is 36.0 Å². The Kier molecular flexibility index (Phi) is 6.23. The average molecular weight is 366 g/mol. The van der Waals surface area contributed by atoms with Crippen molar-refractivity contribution in [3.8, 4) is 0 Å². The minimum absolute atomic E-state index is 0.0456. The molecule has 3 atom stereocenters. The Bertz CT molecular complexity index is 506. The number of nitrogens with zero attached hydrogens (tertiary/aromatic N) is 1. The molecule has 148 valence electrons. The molecule has 0 aromatic carbocycles. The van der Waals surface area contributed by atoms with E-state index in [4.69, 9.17) is 4.74 Å². The lowest BCUT2D eigenvalue weighted by atomic mass is 9.75. The molecule has 3 fully saturated rings. The molecule has 0 spiro atoms. The van der Waals surface area contributed by atoms with Crippen molar-refractivity contribution < 1.29 is 14.3 Å². The van der Waals surface area contributed by atoms with E-state index in [1.807, 2.05) is 6.92 Å². The van der Waals surface area contributed by atoms with Crippen molar-refractivity contribution in [2.24, 2.45) is 5.41 Å². The van der Waals surface area contributed by atoms with Gasteiger partial charge in [0.25, 0.3) is 5.91 Å². The highest BCUT2D eigenvalue weighted by molar-refractivity contribution is 5.84. The number of nitrogens with one attached hydrogen (secondary N) is 2. The Labute approximate surface area is 157 Å². The highest BCUT2D eigenvalue weighted by Crippen LogP contribution is 2.38. The highest BCUT2D eigenvalue weighted by atomic mass is 16.5. The van der Waals surface area contributed by atoms with Crippen molar-refractivity contribution in [1.82, 2.24) is 15.5 Å².